The number of hydrogen-bond donors (Lipinski definition) is 2. The van der Waals surface area contributed by atoms with Crippen molar-refractivity contribution in [2.75, 3.05) is 11.5 Å². The Hall–Kier alpha value is -2.37. The van der Waals surface area contributed by atoms with Crippen molar-refractivity contribution in [1.29, 1.82) is 0 Å². The van der Waals surface area contributed by atoms with Gasteiger partial charge in [0.25, 0.3) is 0 Å². The third-order valence-electron chi connectivity index (χ3n) is 3.15. The molecule has 6 heteroatoms. The van der Waals surface area contributed by atoms with Crippen LogP contribution in [0.15, 0.2) is 18.5 Å². The summed E-state index contributed by atoms with van der Waals surface area (Å²) in [6.07, 6.45) is 3.33. The van der Waals surface area contributed by atoms with Gasteiger partial charge in [-0.05, 0) is 11.8 Å². The van der Waals surface area contributed by atoms with Gasteiger partial charge in [0, 0.05) is 23.5 Å². The summed E-state index contributed by atoms with van der Waals surface area (Å²) in [6, 6.07) is 1.94. The van der Waals surface area contributed by atoms with Gasteiger partial charge in [0.05, 0.1) is 6.20 Å². The molecule has 2 rings (SSSR count). The molecule has 0 bridgehead atoms. The van der Waals surface area contributed by atoms with Crippen LogP contribution in [0.2, 0.25) is 0 Å². The Bertz CT molecular complexity index is 640. The van der Waals surface area contributed by atoms with Crippen LogP contribution in [0.5, 0.6) is 11.5 Å². The van der Waals surface area contributed by atoms with E-state index in [1.807, 2.05) is 12.3 Å². The largest absolute Gasteiger partial charge is 0.451 e. The van der Waals surface area contributed by atoms with Gasteiger partial charge in [-0.1, -0.05) is 27.7 Å². The summed E-state index contributed by atoms with van der Waals surface area (Å²) in [7, 11) is 0. The van der Waals surface area contributed by atoms with Gasteiger partial charge in [-0.3, -0.25) is 4.98 Å². The Labute approximate surface area is 124 Å². The average molecular weight is 287 g/mol. The number of rotatable bonds is 4. The number of aromatic nitrogens is 3. The van der Waals surface area contributed by atoms with E-state index in [0.717, 1.165) is 17.0 Å². The second kappa shape index (κ2) is 5.95. The van der Waals surface area contributed by atoms with Crippen LogP contribution in [-0.2, 0) is 0 Å². The molecule has 0 saturated carbocycles. The molecule has 0 spiro atoms. The topological polar surface area (TPSA) is 99.9 Å². The molecule has 0 aliphatic carbocycles. The van der Waals surface area contributed by atoms with Gasteiger partial charge in [-0.25, -0.2) is 4.98 Å². The Morgan fingerprint density at radius 2 is 1.67 bits per heavy atom. The van der Waals surface area contributed by atoms with Crippen molar-refractivity contribution in [3.63, 3.8) is 0 Å². The van der Waals surface area contributed by atoms with Gasteiger partial charge >= 0.3 is 0 Å². The molecule has 4 N–H and O–H groups in total. The number of nitrogen functional groups attached to an aromatic ring is 2. The Morgan fingerprint density at radius 3 is 2.24 bits per heavy atom. The maximum Gasteiger partial charge on any atom is 0.222 e. The van der Waals surface area contributed by atoms with E-state index in [-0.39, 0.29) is 17.7 Å². The number of nitrogens with two attached hydrogens (primary N) is 2. The standard InChI is InChI=1S/C15H21N5O/c1-8(2)10-6-18-11(9(3)4)5-12(10)21-13-7-19-15(17)20-14(13)16/h5-9H,1-4H3,(H4,16,17,19,20). The van der Waals surface area contributed by atoms with Crippen molar-refractivity contribution in [2.24, 2.45) is 0 Å². The molecule has 0 atom stereocenters. The number of ether oxygens (including phenoxy) is 1. The second-order valence-corrected chi connectivity index (χ2v) is 5.54. The summed E-state index contributed by atoms with van der Waals surface area (Å²) < 4.78 is 5.90. The van der Waals surface area contributed by atoms with Crippen LogP contribution >= 0.6 is 0 Å². The minimum atomic E-state index is 0.126. The van der Waals surface area contributed by atoms with Crippen molar-refractivity contribution < 1.29 is 4.74 Å². The molecule has 2 aromatic rings. The van der Waals surface area contributed by atoms with Crippen LogP contribution in [0.25, 0.3) is 0 Å². The van der Waals surface area contributed by atoms with E-state index < -0.39 is 0 Å². The number of pyridine rings is 1. The average Bonchev–Trinajstić information content (AvgIpc) is 2.41. The summed E-state index contributed by atoms with van der Waals surface area (Å²) in [6.45, 7) is 8.34. The number of anilines is 2. The first kappa shape index (κ1) is 15.0. The van der Waals surface area contributed by atoms with Crippen molar-refractivity contribution in [2.45, 2.75) is 39.5 Å². The Morgan fingerprint density at radius 1 is 0.952 bits per heavy atom. The molecule has 0 aromatic carbocycles. The van der Waals surface area contributed by atoms with Crippen LogP contribution in [-0.4, -0.2) is 15.0 Å². The lowest BCUT2D eigenvalue weighted by molar-refractivity contribution is 0.468. The van der Waals surface area contributed by atoms with Gasteiger partial charge in [0.1, 0.15) is 5.75 Å². The molecular formula is C15H21N5O. The first-order valence-electron chi connectivity index (χ1n) is 6.94. The van der Waals surface area contributed by atoms with E-state index in [0.29, 0.717) is 11.7 Å². The molecule has 0 aliphatic heterocycles. The Kier molecular flexibility index (Phi) is 4.26. The second-order valence-electron chi connectivity index (χ2n) is 5.54. The summed E-state index contributed by atoms with van der Waals surface area (Å²) in [4.78, 5) is 12.3. The fourth-order valence-electron chi connectivity index (χ4n) is 1.90. The molecule has 0 radical (unpaired) electrons. The van der Waals surface area contributed by atoms with E-state index in [1.165, 1.54) is 6.20 Å². The molecule has 0 saturated heterocycles. The number of hydrogen-bond acceptors (Lipinski definition) is 6. The molecule has 2 heterocycles. The quantitative estimate of drug-likeness (QED) is 0.896. The van der Waals surface area contributed by atoms with Crippen molar-refractivity contribution in [3.05, 3.63) is 29.7 Å². The molecule has 0 amide bonds. The predicted octanol–water partition coefficient (Wildman–Crippen LogP) is 3.08. The fraction of sp³-hybridized carbons (Fsp3) is 0.400. The first-order valence-corrected chi connectivity index (χ1v) is 6.94. The van der Waals surface area contributed by atoms with Crippen LogP contribution in [0, 0.1) is 0 Å². The third-order valence-corrected chi connectivity index (χ3v) is 3.15. The first-order chi connectivity index (χ1) is 9.88. The van der Waals surface area contributed by atoms with Crippen molar-refractivity contribution >= 4 is 11.8 Å². The molecule has 6 nitrogen and oxygen atoms in total. The maximum absolute atomic E-state index is 5.90. The van der Waals surface area contributed by atoms with Gasteiger partial charge in [-0.15, -0.1) is 0 Å². The number of nitrogens with zero attached hydrogens (tertiary/aromatic N) is 3. The lowest BCUT2D eigenvalue weighted by Crippen LogP contribution is -2.04. The zero-order valence-electron chi connectivity index (χ0n) is 12.8. The highest BCUT2D eigenvalue weighted by Gasteiger charge is 2.14. The van der Waals surface area contributed by atoms with Gasteiger partial charge in [0.15, 0.2) is 11.6 Å². The summed E-state index contributed by atoms with van der Waals surface area (Å²) in [5.41, 5.74) is 13.3. The molecule has 0 unspecified atom stereocenters. The van der Waals surface area contributed by atoms with Crippen molar-refractivity contribution in [3.8, 4) is 11.5 Å². The molecule has 2 aromatic heterocycles. The SMILES string of the molecule is CC(C)c1cc(Oc2cnc(N)nc2N)c(C(C)C)cn1. The van der Waals surface area contributed by atoms with E-state index >= 15 is 0 Å². The molecule has 0 aliphatic rings. The van der Waals surface area contributed by atoms with Crippen LogP contribution < -0.4 is 16.2 Å². The van der Waals surface area contributed by atoms with E-state index in [9.17, 15) is 0 Å². The van der Waals surface area contributed by atoms with Crippen molar-refractivity contribution in [1.82, 2.24) is 15.0 Å². The lowest BCUT2D eigenvalue weighted by Gasteiger charge is -2.16. The molecule has 21 heavy (non-hydrogen) atoms. The lowest BCUT2D eigenvalue weighted by atomic mass is 10.0. The minimum Gasteiger partial charge on any atom is -0.451 e. The summed E-state index contributed by atoms with van der Waals surface area (Å²) >= 11 is 0. The normalized spacial score (nSPS) is 11.1. The van der Waals surface area contributed by atoms with Gasteiger partial charge in [-0.2, -0.15) is 4.98 Å². The summed E-state index contributed by atoms with van der Waals surface area (Å²) in [5, 5.41) is 0. The third kappa shape index (κ3) is 3.39. The minimum absolute atomic E-state index is 0.126. The highest BCUT2D eigenvalue weighted by Crippen LogP contribution is 2.33. The maximum atomic E-state index is 5.90. The highest BCUT2D eigenvalue weighted by atomic mass is 16.5. The molecule has 0 fully saturated rings. The van der Waals surface area contributed by atoms with Crippen LogP contribution in [0.4, 0.5) is 11.8 Å². The zero-order chi connectivity index (χ0) is 15.6. The van der Waals surface area contributed by atoms with Crippen LogP contribution in [0.1, 0.15) is 50.8 Å². The molecular weight excluding hydrogens is 266 g/mol. The highest BCUT2D eigenvalue weighted by molar-refractivity contribution is 5.50. The molecule has 112 valence electrons. The monoisotopic (exact) mass is 287 g/mol. The smallest absolute Gasteiger partial charge is 0.222 e. The van der Waals surface area contributed by atoms with E-state index in [4.69, 9.17) is 16.2 Å². The predicted molar refractivity (Wildman–Crippen MR) is 83.3 cm³/mol. The summed E-state index contributed by atoms with van der Waals surface area (Å²) in [5.74, 6) is 2.07. The van der Waals surface area contributed by atoms with Gasteiger partial charge in [0.2, 0.25) is 5.95 Å². The van der Waals surface area contributed by atoms with E-state index in [1.54, 1.807) is 0 Å². The zero-order valence-corrected chi connectivity index (χ0v) is 12.8. The van der Waals surface area contributed by atoms with Gasteiger partial charge < -0.3 is 16.2 Å². The fourth-order valence-corrected chi connectivity index (χ4v) is 1.90. The Balaban J connectivity index is 2.43. The van der Waals surface area contributed by atoms with E-state index in [2.05, 4.69) is 42.6 Å². The van der Waals surface area contributed by atoms with Crippen LogP contribution in [0.3, 0.4) is 0 Å².